The van der Waals surface area contributed by atoms with Gasteiger partial charge in [0.25, 0.3) is 0 Å². The van der Waals surface area contributed by atoms with Crippen molar-refractivity contribution >= 4 is 0 Å². The summed E-state index contributed by atoms with van der Waals surface area (Å²) in [5.74, 6) is 0. The van der Waals surface area contributed by atoms with Crippen LogP contribution in [0.1, 0.15) is 55.4 Å². The van der Waals surface area contributed by atoms with Crippen molar-refractivity contribution in [2.24, 2.45) is 0 Å². The van der Waals surface area contributed by atoms with Crippen molar-refractivity contribution in [1.29, 1.82) is 0 Å². The molecule has 1 aliphatic rings. The van der Waals surface area contributed by atoms with Crippen LogP contribution >= 0.6 is 0 Å². The van der Waals surface area contributed by atoms with E-state index < -0.39 is 0 Å². The molecule has 0 amide bonds. The van der Waals surface area contributed by atoms with E-state index in [-0.39, 0.29) is 11.1 Å². The lowest BCUT2D eigenvalue weighted by molar-refractivity contribution is 0.133. The van der Waals surface area contributed by atoms with Crippen LogP contribution in [0, 0.1) is 6.67 Å². The van der Waals surface area contributed by atoms with Gasteiger partial charge in [-0.15, -0.1) is 0 Å². The molecule has 1 saturated heterocycles. The van der Waals surface area contributed by atoms with Crippen LogP contribution in [0.2, 0.25) is 0 Å². The average Bonchev–Trinajstić information content (AvgIpc) is 2.26. The van der Waals surface area contributed by atoms with Gasteiger partial charge in [-0.1, -0.05) is 0 Å². The Labute approximate surface area is 95.6 Å². The van der Waals surface area contributed by atoms with Crippen molar-refractivity contribution in [1.82, 2.24) is 9.80 Å². The SMILES string of the molecule is CC1C(C)N(C(C)(C)C)[C]N1C(C)(C)C. The molecule has 1 fully saturated rings. The fraction of sp³-hybridized carbons (Fsp3) is 0.923. The second kappa shape index (κ2) is 3.74. The zero-order valence-corrected chi connectivity index (χ0v) is 11.5. The van der Waals surface area contributed by atoms with Crippen LogP contribution in [0.3, 0.4) is 0 Å². The predicted octanol–water partition coefficient (Wildman–Crippen LogP) is 2.97. The number of hydrogen-bond donors (Lipinski definition) is 0. The Balaban J connectivity index is 2.86. The molecule has 0 N–H and O–H groups in total. The molecular weight excluding hydrogens is 184 g/mol. The molecule has 0 aromatic rings. The van der Waals surface area contributed by atoms with E-state index in [4.69, 9.17) is 0 Å². The first-order valence-electron chi connectivity index (χ1n) is 5.90. The Bertz CT molecular complexity index is 198. The van der Waals surface area contributed by atoms with Gasteiger partial charge in [0.2, 0.25) is 0 Å². The molecule has 2 nitrogen and oxygen atoms in total. The molecule has 0 bridgehead atoms. The number of rotatable bonds is 0. The molecule has 2 unspecified atom stereocenters. The third-order valence-corrected chi connectivity index (χ3v) is 3.17. The molecular formula is C13H26N2. The lowest BCUT2D eigenvalue weighted by Crippen LogP contribution is -2.44. The van der Waals surface area contributed by atoms with E-state index in [1.54, 1.807) is 0 Å². The van der Waals surface area contributed by atoms with Crippen LogP contribution in [0.25, 0.3) is 0 Å². The Morgan fingerprint density at radius 1 is 0.733 bits per heavy atom. The summed E-state index contributed by atoms with van der Waals surface area (Å²) in [6.45, 7) is 21.6. The van der Waals surface area contributed by atoms with Crippen LogP contribution in [0.4, 0.5) is 0 Å². The fourth-order valence-electron chi connectivity index (χ4n) is 2.25. The number of hydrogen-bond acceptors (Lipinski definition) is 2. The highest BCUT2D eigenvalue weighted by atomic mass is 15.5. The van der Waals surface area contributed by atoms with Crippen molar-refractivity contribution in [2.75, 3.05) is 0 Å². The van der Waals surface area contributed by atoms with Crippen LogP contribution < -0.4 is 0 Å². The lowest BCUT2D eigenvalue weighted by atomic mass is 10.0. The second-order valence-electron chi connectivity index (χ2n) is 6.66. The first-order chi connectivity index (χ1) is 6.55. The molecule has 0 aromatic carbocycles. The van der Waals surface area contributed by atoms with E-state index in [1.807, 2.05) is 0 Å². The maximum atomic E-state index is 3.54. The number of nitrogens with zero attached hydrogens (tertiary/aromatic N) is 2. The smallest absolute Gasteiger partial charge is 0.148 e. The Morgan fingerprint density at radius 2 is 1.00 bits per heavy atom. The second-order valence-corrected chi connectivity index (χ2v) is 6.66. The van der Waals surface area contributed by atoms with Gasteiger partial charge < -0.3 is 0 Å². The van der Waals surface area contributed by atoms with Gasteiger partial charge in [0.1, 0.15) is 6.67 Å². The minimum atomic E-state index is 0.160. The molecule has 2 heteroatoms. The van der Waals surface area contributed by atoms with Crippen molar-refractivity contribution in [3.05, 3.63) is 6.67 Å². The zero-order chi connectivity index (χ0) is 12.0. The molecule has 15 heavy (non-hydrogen) atoms. The molecule has 0 spiro atoms. The third kappa shape index (κ3) is 2.54. The van der Waals surface area contributed by atoms with E-state index in [0.29, 0.717) is 12.1 Å². The van der Waals surface area contributed by atoms with Crippen molar-refractivity contribution in [3.8, 4) is 0 Å². The van der Waals surface area contributed by atoms with Crippen LogP contribution in [-0.4, -0.2) is 33.0 Å². The van der Waals surface area contributed by atoms with Gasteiger partial charge in [-0.2, -0.15) is 0 Å². The summed E-state index contributed by atoms with van der Waals surface area (Å²) in [6, 6.07) is 1.06. The average molecular weight is 210 g/mol. The Hall–Kier alpha value is -0.0800. The van der Waals surface area contributed by atoms with Gasteiger partial charge in [-0.3, -0.25) is 9.80 Å². The summed E-state index contributed by atoms with van der Waals surface area (Å²) in [5.41, 5.74) is 0.321. The van der Waals surface area contributed by atoms with Crippen LogP contribution in [0.5, 0.6) is 0 Å². The van der Waals surface area contributed by atoms with Crippen LogP contribution in [-0.2, 0) is 0 Å². The van der Waals surface area contributed by atoms with Gasteiger partial charge in [0, 0.05) is 23.2 Å². The maximum Gasteiger partial charge on any atom is 0.148 e. The summed E-state index contributed by atoms with van der Waals surface area (Å²) in [7, 11) is 0. The lowest BCUT2D eigenvalue weighted by Gasteiger charge is -2.35. The van der Waals surface area contributed by atoms with Gasteiger partial charge in [0.05, 0.1) is 0 Å². The molecule has 2 radical (unpaired) electrons. The minimum Gasteiger partial charge on any atom is -0.270 e. The molecule has 1 aliphatic heterocycles. The Morgan fingerprint density at radius 3 is 1.13 bits per heavy atom. The van der Waals surface area contributed by atoms with E-state index in [1.165, 1.54) is 0 Å². The predicted molar refractivity (Wildman–Crippen MR) is 65.4 cm³/mol. The highest BCUT2D eigenvalue weighted by Crippen LogP contribution is 2.35. The van der Waals surface area contributed by atoms with E-state index >= 15 is 0 Å². The summed E-state index contributed by atoms with van der Waals surface area (Å²) in [5, 5.41) is 0. The molecule has 0 aliphatic carbocycles. The third-order valence-electron chi connectivity index (χ3n) is 3.17. The molecule has 88 valence electrons. The van der Waals surface area contributed by atoms with E-state index in [0.717, 1.165) is 0 Å². The Kier molecular flexibility index (Phi) is 3.24. The highest BCUT2D eigenvalue weighted by molar-refractivity contribution is 5.02. The summed E-state index contributed by atoms with van der Waals surface area (Å²) in [6.07, 6.45) is 0. The van der Waals surface area contributed by atoms with Crippen molar-refractivity contribution < 1.29 is 0 Å². The minimum absolute atomic E-state index is 0.160. The van der Waals surface area contributed by atoms with Crippen LogP contribution in [0.15, 0.2) is 0 Å². The normalized spacial score (nSPS) is 31.2. The van der Waals surface area contributed by atoms with Gasteiger partial charge >= 0.3 is 0 Å². The summed E-state index contributed by atoms with van der Waals surface area (Å²) < 4.78 is 0. The fourth-order valence-corrected chi connectivity index (χ4v) is 2.25. The molecule has 1 rings (SSSR count). The van der Waals surface area contributed by atoms with Crippen molar-refractivity contribution in [2.45, 2.75) is 78.6 Å². The molecule has 0 aromatic heterocycles. The van der Waals surface area contributed by atoms with E-state index in [9.17, 15) is 0 Å². The molecule has 0 saturated carbocycles. The summed E-state index contributed by atoms with van der Waals surface area (Å²) in [4.78, 5) is 4.70. The summed E-state index contributed by atoms with van der Waals surface area (Å²) >= 11 is 0. The zero-order valence-electron chi connectivity index (χ0n) is 11.5. The maximum absolute atomic E-state index is 3.54. The highest BCUT2D eigenvalue weighted by Gasteiger charge is 2.44. The first kappa shape index (κ1) is 13.0. The monoisotopic (exact) mass is 210 g/mol. The molecule has 2 atom stereocenters. The topological polar surface area (TPSA) is 6.48 Å². The van der Waals surface area contributed by atoms with Gasteiger partial charge in [-0.05, 0) is 55.4 Å². The quantitative estimate of drug-likeness (QED) is 0.606. The van der Waals surface area contributed by atoms with E-state index in [2.05, 4.69) is 71.9 Å². The first-order valence-corrected chi connectivity index (χ1v) is 5.90. The standard InChI is InChI=1S/C13H26N2/c1-10-11(2)15(13(6,7)8)9-14(10)12(3,4)5/h10-11H,1-8H3. The van der Waals surface area contributed by atoms with Gasteiger partial charge in [-0.25, -0.2) is 0 Å². The molecule has 1 heterocycles. The largest absolute Gasteiger partial charge is 0.270 e. The van der Waals surface area contributed by atoms with Gasteiger partial charge in [0.15, 0.2) is 0 Å². The van der Waals surface area contributed by atoms with Crippen molar-refractivity contribution in [3.63, 3.8) is 0 Å².